The second-order valence-electron chi connectivity index (χ2n) is 8.50. The number of aromatic nitrogens is 1. The summed E-state index contributed by atoms with van der Waals surface area (Å²) in [6, 6.07) is 5.97. The second kappa shape index (κ2) is 8.01. The molecule has 1 aromatic heterocycles. The molecule has 0 saturated carbocycles. The number of hydrogen-bond acceptors (Lipinski definition) is 5. The van der Waals surface area contributed by atoms with Crippen LogP contribution in [0.1, 0.15) is 69.5 Å². The van der Waals surface area contributed by atoms with Gasteiger partial charge in [-0.3, -0.25) is 9.78 Å². The molecule has 29 heavy (non-hydrogen) atoms. The van der Waals surface area contributed by atoms with Crippen LogP contribution in [0.25, 0.3) is 11.1 Å². The molecule has 1 aromatic carbocycles. The second-order valence-corrected chi connectivity index (χ2v) is 8.50. The van der Waals surface area contributed by atoms with Crippen molar-refractivity contribution in [1.82, 2.24) is 4.98 Å². The number of pyridine rings is 1. The summed E-state index contributed by atoms with van der Waals surface area (Å²) in [5.74, 6) is -0.605. The predicted molar refractivity (Wildman–Crippen MR) is 110 cm³/mol. The molecule has 154 valence electrons. The van der Waals surface area contributed by atoms with Gasteiger partial charge in [-0.15, -0.1) is 0 Å². The van der Waals surface area contributed by atoms with Crippen molar-refractivity contribution in [2.45, 2.75) is 71.4 Å². The monoisotopic (exact) mass is 398 g/mol. The van der Waals surface area contributed by atoms with Crippen LogP contribution in [0.5, 0.6) is 0 Å². The summed E-state index contributed by atoms with van der Waals surface area (Å²) < 4.78 is 19.0. The van der Waals surface area contributed by atoms with Crippen LogP contribution in [-0.2, 0) is 28.0 Å². The van der Waals surface area contributed by atoms with E-state index in [9.17, 15) is 14.1 Å². The van der Waals surface area contributed by atoms with Crippen molar-refractivity contribution in [2.75, 3.05) is 0 Å². The molecule has 0 amide bonds. The summed E-state index contributed by atoms with van der Waals surface area (Å²) in [6.45, 7) is 9.54. The molecule has 0 aliphatic heterocycles. The third kappa shape index (κ3) is 3.93. The van der Waals surface area contributed by atoms with Crippen LogP contribution in [0.3, 0.4) is 0 Å². The van der Waals surface area contributed by atoms with Crippen LogP contribution < -0.4 is 0 Å². The highest BCUT2D eigenvalue weighted by Crippen LogP contribution is 2.44. The summed E-state index contributed by atoms with van der Waals surface area (Å²) in [4.78, 5) is 28.0. The van der Waals surface area contributed by atoms with Gasteiger partial charge >= 0.3 is 5.97 Å². The zero-order chi connectivity index (χ0) is 21.3. The Morgan fingerprint density at radius 1 is 1.31 bits per heavy atom. The third-order valence-corrected chi connectivity index (χ3v) is 5.77. The van der Waals surface area contributed by atoms with Crippen molar-refractivity contribution in [3.63, 3.8) is 0 Å². The number of halogens is 1. The van der Waals surface area contributed by atoms with Gasteiger partial charge in [-0.25, -0.2) is 4.39 Å². The fourth-order valence-corrected chi connectivity index (χ4v) is 4.21. The van der Waals surface area contributed by atoms with E-state index in [0.717, 1.165) is 33.6 Å². The van der Waals surface area contributed by atoms with Gasteiger partial charge in [0.1, 0.15) is 18.5 Å². The fourth-order valence-electron chi connectivity index (χ4n) is 4.21. The molecule has 1 atom stereocenters. The normalized spacial score (nSPS) is 17.7. The van der Waals surface area contributed by atoms with Gasteiger partial charge < -0.3 is 4.74 Å². The number of nitrogens with zero attached hydrogens (tertiary/aromatic N) is 2. The first-order valence-corrected chi connectivity index (χ1v) is 9.94. The van der Waals surface area contributed by atoms with Crippen LogP contribution in [0.15, 0.2) is 29.4 Å². The fraction of sp³-hybridized carbons (Fsp3) is 0.478. The van der Waals surface area contributed by atoms with Crippen molar-refractivity contribution >= 4 is 5.97 Å². The minimum atomic E-state index is -0.520. The highest BCUT2D eigenvalue weighted by Gasteiger charge is 2.41. The maximum atomic E-state index is 13.6. The zero-order valence-corrected chi connectivity index (χ0v) is 17.6. The smallest absolute Gasteiger partial charge is 0.302 e. The van der Waals surface area contributed by atoms with Crippen molar-refractivity contribution in [3.8, 4) is 11.1 Å². The molecule has 0 radical (unpaired) electrons. The lowest BCUT2D eigenvalue weighted by atomic mass is 9.70. The van der Waals surface area contributed by atoms with Crippen LogP contribution in [-0.4, -0.2) is 17.0 Å². The molecule has 0 fully saturated rings. The molecule has 0 spiro atoms. The lowest BCUT2D eigenvalue weighted by Gasteiger charge is -2.38. The molecule has 1 aliphatic rings. The van der Waals surface area contributed by atoms with E-state index >= 15 is 0 Å². The lowest BCUT2D eigenvalue weighted by molar-refractivity contribution is -0.142. The molecule has 1 aliphatic carbocycles. The van der Waals surface area contributed by atoms with Gasteiger partial charge in [0.15, 0.2) is 0 Å². The van der Waals surface area contributed by atoms with E-state index in [1.54, 1.807) is 12.1 Å². The highest BCUT2D eigenvalue weighted by atomic mass is 19.1. The average molecular weight is 398 g/mol. The van der Waals surface area contributed by atoms with Crippen LogP contribution in [0, 0.1) is 10.7 Å². The van der Waals surface area contributed by atoms with Crippen molar-refractivity contribution < 1.29 is 13.9 Å². The quantitative estimate of drug-likeness (QED) is 0.497. The highest BCUT2D eigenvalue weighted by molar-refractivity contribution is 5.74. The van der Waals surface area contributed by atoms with Crippen LogP contribution in [0.4, 0.5) is 4.39 Å². The maximum Gasteiger partial charge on any atom is 0.302 e. The Hall–Kier alpha value is -2.63. The number of rotatable bonds is 5. The van der Waals surface area contributed by atoms with E-state index < -0.39 is 5.41 Å². The predicted octanol–water partition coefficient (Wildman–Crippen LogP) is 5.43. The van der Waals surface area contributed by atoms with E-state index in [0.29, 0.717) is 12.8 Å². The number of fused-ring (bicyclic) bond motifs is 1. The van der Waals surface area contributed by atoms with Gasteiger partial charge in [-0.1, -0.05) is 45.0 Å². The lowest BCUT2D eigenvalue weighted by Crippen LogP contribution is -2.39. The van der Waals surface area contributed by atoms with E-state index in [1.807, 2.05) is 27.7 Å². The molecule has 3 rings (SSSR count). The number of benzene rings is 1. The van der Waals surface area contributed by atoms with Gasteiger partial charge in [0.25, 0.3) is 0 Å². The summed E-state index contributed by atoms with van der Waals surface area (Å²) in [5, 5.41) is 3.36. The van der Waals surface area contributed by atoms with Gasteiger partial charge in [0.2, 0.25) is 0 Å². The Balaban J connectivity index is 2.34. The van der Waals surface area contributed by atoms with Gasteiger partial charge in [-0.05, 0) is 47.6 Å². The van der Waals surface area contributed by atoms with Crippen molar-refractivity contribution in [1.29, 1.82) is 0 Å². The number of esters is 1. The number of ether oxygens (including phenoxy) is 1. The Morgan fingerprint density at radius 3 is 2.52 bits per heavy atom. The van der Waals surface area contributed by atoms with E-state index in [1.165, 1.54) is 19.1 Å². The third-order valence-electron chi connectivity index (χ3n) is 5.77. The molecule has 5 nitrogen and oxygen atoms in total. The topological polar surface area (TPSA) is 68.6 Å². The van der Waals surface area contributed by atoms with Crippen LogP contribution >= 0.6 is 0 Å². The Bertz CT molecular complexity index is 936. The van der Waals surface area contributed by atoms with Crippen molar-refractivity contribution in [3.05, 3.63) is 57.5 Å². The maximum absolute atomic E-state index is 13.6. The molecule has 1 unspecified atom stereocenters. The largest absolute Gasteiger partial charge is 0.461 e. The van der Waals surface area contributed by atoms with Gasteiger partial charge in [-0.2, -0.15) is 4.91 Å². The summed E-state index contributed by atoms with van der Waals surface area (Å²) in [5.41, 5.74) is 4.79. The van der Waals surface area contributed by atoms with Gasteiger partial charge in [0, 0.05) is 17.9 Å². The summed E-state index contributed by atoms with van der Waals surface area (Å²) in [6.07, 6.45) is 1.26. The van der Waals surface area contributed by atoms with E-state index in [-0.39, 0.29) is 30.4 Å². The van der Waals surface area contributed by atoms with E-state index in [2.05, 4.69) is 5.18 Å². The Morgan fingerprint density at radius 2 is 1.97 bits per heavy atom. The number of carbonyl (C=O) groups excluding carboxylic acids is 1. The summed E-state index contributed by atoms with van der Waals surface area (Å²) in [7, 11) is 0. The Labute approximate surface area is 170 Å². The minimum Gasteiger partial charge on any atom is -0.461 e. The number of nitroso groups, excluding NO2 is 1. The van der Waals surface area contributed by atoms with Gasteiger partial charge in [0.05, 0.1) is 11.4 Å². The molecule has 0 bridgehead atoms. The molecular weight excluding hydrogens is 371 g/mol. The van der Waals surface area contributed by atoms with E-state index in [4.69, 9.17) is 9.72 Å². The molecule has 6 heteroatoms. The molecule has 0 saturated heterocycles. The number of carbonyl (C=O) groups is 1. The molecule has 0 N–H and O–H groups in total. The molecule has 2 aromatic rings. The first-order chi connectivity index (χ1) is 13.7. The first-order valence-electron chi connectivity index (χ1n) is 9.94. The van der Waals surface area contributed by atoms with Crippen molar-refractivity contribution in [2.24, 2.45) is 5.18 Å². The summed E-state index contributed by atoms with van der Waals surface area (Å²) >= 11 is 0. The minimum absolute atomic E-state index is 0.0745. The average Bonchev–Trinajstić information content (AvgIpc) is 2.66. The first kappa shape index (κ1) is 21.1. The zero-order valence-electron chi connectivity index (χ0n) is 17.6. The standard InChI is InChI=1S/C23H27FN2O3/c1-13(2)21-18(12-29-14(3)27)20(15-6-8-16(24)9-7-15)17-10-11-19(26-28)23(4,5)22(17)25-21/h6-9,13,19H,10-12H2,1-5H3. The molecular formula is C23H27FN2O3. The SMILES string of the molecule is CC(=O)OCc1c(C(C)C)nc2c(c1-c1ccc(F)cc1)CCC(N=O)C2(C)C. The number of hydrogen-bond donors (Lipinski definition) is 0. The molecule has 1 heterocycles. The Kier molecular flexibility index (Phi) is 5.82. The van der Waals surface area contributed by atoms with Crippen LogP contribution in [0.2, 0.25) is 0 Å².